The lowest BCUT2D eigenvalue weighted by Crippen LogP contribution is -2.05. The molecule has 0 unspecified atom stereocenters. The van der Waals surface area contributed by atoms with Crippen LogP contribution in [0, 0.1) is 6.92 Å². The predicted molar refractivity (Wildman–Crippen MR) is 59.0 cm³/mol. The lowest BCUT2D eigenvalue weighted by molar-refractivity contribution is 0.423. The van der Waals surface area contributed by atoms with Gasteiger partial charge in [0, 0.05) is 0 Å². The van der Waals surface area contributed by atoms with Crippen LogP contribution in [0.15, 0.2) is 29.0 Å². The summed E-state index contributed by atoms with van der Waals surface area (Å²) in [6.45, 7) is 2.41. The largest absolute Gasteiger partial charge is 0.467 e. The molecule has 2 heterocycles. The summed E-state index contributed by atoms with van der Waals surface area (Å²) in [5.74, 6) is 0.859. The van der Waals surface area contributed by atoms with Gasteiger partial charge in [-0.15, -0.1) is 0 Å². The maximum atomic E-state index is 12.2. The Hall–Kier alpha value is -1.78. The number of hydrogen-bond acceptors (Lipinski definition) is 3. The first-order chi connectivity index (χ1) is 7.81. The van der Waals surface area contributed by atoms with Gasteiger partial charge in [-0.2, -0.15) is 5.10 Å². The highest BCUT2D eigenvalue weighted by Crippen LogP contribution is 2.14. The fraction of sp³-hybridized carbons (Fsp3) is 0.364. The molecule has 0 atom stereocenters. The summed E-state index contributed by atoms with van der Waals surface area (Å²) in [5, 5.41) is 7.28. The number of nitrogens with one attached hydrogen (secondary N) is 1. The molecule has 0 amide bonds. The van der Waals surface area contributed by atoms with Crippen molar-refractivity contribution in [2.24, 2.45) is 0 Å². The summed E-state index contributed by atoms with van der Waals surface area (Å²) in [7, 11) is 0. The summed E-state index contributed by atoms with van der Waals surface area (Å²) in [6, 6.07) is 3.74. The Bertz CT molecular complexity index is 436. The molecule has 0 aliphatic heterocycles. The van der Waals surface area contributed by atoms with Crippen LogP contribution in [-0.2, 0) is 13.1 Å². The van der Waals surface area contributed by atoms with Crippen molar-refractivity contribution < 1.29 is 8.81 Å². The summed E-state index contributed by atoms with van der Waals surface area (Å²) < 4.78 is 19.0. The van der Waals surface area contributed by atoms with Crippen molar-refractivity contribution in [3.8, 4) is 0 Å². The zero-order chi connectivity index (χ0) is 11.4. The number of halogens is 1. The topological polar surface area (TPSA) is 43.0 Å². The van der Waals surface area contributed by atoms with Crippen molar-refractivity contribution in [2.45, 2.75) is 20.0 Å². The van der Waals surface area contributed by atoms with Crippen LogP contribution in [0.3, 0.4) is 0 Å². The highest BCUT2D eigenvalue weighted by molar-refractivity contribution is 5.45. The van der Waals surface area contributed by atoms with Gasteiger partial charge in [-0.1, -0.05) is 0 Å². The Balaban J connectivity index is 1.99. The third kappa shape index (κ3) is 2.24. The molecule has 16 heavy (non-hydrogen) atoms. The van der Waals surface area contributed by atoms with Gasteiger partial charge in [-0.25, -0.2) is 4.39 Å². The Morgan fingerprint density at radius 2 is 2.44 bits per heavy atom. The maximum absolute atomic E-state index is 12.2. The molecule has 0 saturated carbocycles. The van der Waals surface area contributed by atoms with Crippen LogP contribution in [0.1, 0.15) is 11.5 Å². The predicted octanol–water partition coefficient (Wildman–Crippen LogP) is 2.37. The highest BCUT2D eigenvalue weighted by Gasteiger charge is 2.05. The minimum absolute atomic E-state index is 0.300. The summed E-state index contributed by atoms with van der Waals surface area (Å²) >= 11 is 0. The summed E-state index contributed by atoms with van der Waals surface area (Å²) in [4.78, 5) is 0. The lowest BCUT2D eigenvalue weighted by Gasteiger charge is -2.04. The fourth-order valence-electron chi connectivity index (χ4n) is 1.52. The Labute approximate surface area is 93.1 Å². The van der Waals surface area contributed by atoms with Gasteiger partial charge in [0.25, 0.3) is 0 Å². The lowest BCUT2D eigenvalue weighted by atomic mass is 10.3. The monoisotopic (exact) mass is 223 g/mol. The normalized spacial score (nSPS) is 10.6. The average Bonchev–Trinajstić information content (AvgIpc) is 2.89. The SMILES string of the molecule is Cc1c(NCc2ccco2)cnn1CCF. The number of hydrogen-bond donors (Lipinski definition) is 1. The third-order valence-electron chi connectivity index (χ3n) is 2.43. The minimum atomic E-state index is -0.403. The van der Waals surface area contributed by atoms with E-state index in [9.17, 15) is 4.39 Å². The van der Waals surface area contributed by atoms with Gasteiger partial charge in [0.05, 0.1) is 36.9 Å². The van der Waals surface area contributed by atoms with E-state index in [2.05, 4.69) is 10.4 Å². The fourth-order valence-corrected chi connectivity index (χ4v) is 1.52. The standard InChI is InChI=1S/C11H14FN3O/c1-9-11(8-14-15(9)5-4-12)13-7-10-3-2-6-16-10/h2-3,6,8,13H,4-5,7H2,1H3. The molecule has 2 aromatic heterocycles. The summed E-state index contributed by atoms with van der Waals surface area (Å²) in [5.41, 5.74) is 1.84. The van der Waals surface area contributed by atoms with Crippen LogP contribution in [0.5, 0.6) is 0 Å². The van der Waals surface area contributed by atoms with Gasteiger partial charge >= 0.3 is 0 Å². The van der Waals surface area contributed by atoms with Crippen molar-refractivity contribution >= 4 is 5.69 Å². The summed E-state index contributed by atoms with van der Waals surface area (Å²) in [6.07, 6.45) is 3.34. The number of anilines is 1. The number of aryl methyl sites for hydroxylation is 1. The van der Waals surface area contributed by atoms with Crippen LogP contribution in [0.25, 0.3) is 0 Å². The van der Waals surface area contributed by atoms with Gasteiger partial charge < -0.3 is 9.73 Å². The second kappa shape index (κ2) is 4.83. The number of rotatable bonds is 5. The van der Waals surface area contributed by atoms with E-state index in [1.165, 1.54) is 0 Å². The van der Waals surface area contributed by atoms with E-state index in [1.54, 1.807) is 17.1 Å². The third-order valence-corrected chi connectivity index (χ3v) is 2.43. The molecule has 0 spiro atoms. The van der Waals surface area contributed by atoms with Crippen LogP contribution in [-0.4, -0.2) is 16.5 Å². The van der Waals surface area contributed by atoms with E-state index in [0.717, 1.165) is 17.1 Å². The second-order valence-corrected chi connectivity index (χ2v) is 3.49. The molecule has 5 heteroatoms. The molecule has 4 nitrogen and oxygen atoms in total. The van der Waals surface area contributed by atoms with E-state index in [1.807, 2.05) is 19.1 Å². The first kappa shape index (κ1) is 10.7. The van der Waals surface area contributed by atoms with Crippen molar-refractivity contribution in [2.75, 3.05) is 12.0 Å². The Morgan fingerprint density at radius 3 is 3.12 bits per heavy atom. The van der Waals surface area contributed by atoms with Crippen molar-refractivity contribution in [1.82, 2.24) is 9.78 Å². The molecule has 0 aromatic carbocycles. The smallest absolute Gasteiger partial charge is 0.122 e. The molecule has 0 fully saturated rings. The maximum Gasteiger partial charge on any atom is 0.122 e. The van der Waals surface area contributed by atoms with Crippen LogP contribution >= 0.6 is 0 Å². The molecular weight excluding hydrogens is 209 g/mol. The van der Waals surface area contributed by atoms with Crippen LogP contribution in [0.4, 0.5) is 10.1 Å². The molecule has 2 rings (SSSR count). The van der Waals surface area contributed by atoms with Gasteiger partial charge in [0.2, 0.25) is 0 Å². The van der Waals surface area contributed by atoms with E-state index in [-0.39, 0.29) is 0 Å². The van der Waals surface area contributed by atoms with Gasteiger partial charge in [0.1, 0.15) is 12.4 Å². The van der Waals surface area contributed by atoms with Crippen molar-refractivity contribution in [1.29, 1.82) is 0 Å². The molecule has 0 bridgehead atoms. The molecule has 1 N–H and O–H groups in total. The molecule has 2 aromatic rings. The zero-order valence-electron chi connectivity index (χ0n) is 9.11. The van der Waals surface area contributed by atoms with E-state index < -0.39 is 6.67 Å². The van der Waals surface area contributed by atoms with E-state index >= 15 is 0 Å². The van der Waals surface area contributed by atoms with E-state index in [4.69, 9.17) is 4.42 Å². The first-order valence-electron chi connectivity index (χ1n) is 5.16. The minimum Gasteiger partial charge on any atom is -0.467 e. The molecule has 86 valence electrons. The van der Waals surface area contributed by atoms with Crippen LogP contribution < -0.4 is 5.32 Å². The zero-order valence-corrected chi connectivity index (χ0v) is 9.11. The number of furan rings is 1. The number of aromatic nitrogens is 2. The molecule has 0 radical (unpaired) electrons. The highest BCUT2D eigenvalue weighted by atomic mass is 19.1. The number of nitrogens with zero attached hydrogens (tertiary/aromatic N) is 2. The molecule has 0 aliphatic carbocycles. The average molecular weight is 223 g/mol. The van der Waals surface area contributed by atoms with Crippen molar-refractivity contribution in [3.63, 3.8) is 0 Å². The van der Waals surface area contributed by atoms with Gasteiger partial charge in [-0.05, 0) is 19.1 Å². The van der Waals surface area contributed by atoms with Crippen molar-refractivity contribution in [3.05, 3.63) is 36.0 Å². The van der Waals surface area contributed by atoms with Gasteiger partial charge in [-0.3, -0.25) is 4.68 Å². The first-order valence-corrected chi connectivity index (χ1v) is 5.16. The second-order valence-electron chi connectivity index (χ2n) is 3.49. The molecule has 0 aliphatic rings. The van der Waals surface area contributed by atoms with Gasteiger partial charge in [0.15, 0.2) is 0 Å². The van der Waals surface area contributed by atoms with E-state index in [0.29, 0.717) is 13.1 Å². The molecule has 0 saturated heterocycles. The quantitative estimate of drug-likeness (QED) is 0.846. The van der Waals surface area contributed by atoms with Crippen LogP contribution in [0.2, 0.25) is 0 Å². The number of alkyl halides is 1. The Morgan fingerprint density at radius 1 is 1.56 bits per heavy atom. The Kier molecular flexibility index (Phi) is 3.24. The molecular formula is C11H14FN3O.